The number of nitrogens with one attached hydrogen (secondary N) is 3. The number of carbonyl (C=O) groups excluding carboxylic acids is 3. The number of alkyl carbamates (subject to hydrolysis) is 3. The van der Waals surface area contributed by atoms with Gasteiger partial charge in [0.15, 0.2) is 0 Å². The van der Waals surface area contributed by atoms with Gasteiger partial charge in [0.1, 0.15) is 19.8 Å². The van der Waals surface area contributed by atoms with Crippen LogP contribution in [0.2, 0.25) is 0 Å². The van der Waals surface area contributed by atoms with Gasteiger partial charge in [-0.1, -0.05) is 62.3 Å². The molecule has 4 heterocycles. The van der Waals surface area contributed by atoms with E-state index >= 15 is 14.4 Å². The van der Waals surface area contributed by atoms with Crippen LogP contribution in [-0.2, 0) is 33.8 Å². The summed E-state index contributed by atoms with van der Waals surface area (Å²) in [7, 11) is 0. The van der Waals surface area contributed by atoms with Crippen molar-refractivity contribution < 1.29 is 28.6 Å². The average molecular weight is 928 g/mol. The summed E-state index contributed by atoms with van der Waals surface area (Å²) in [6, 6.07) is -0.770. The van der Waals surface area contributed by atoms with Crippen LogP contribution in [0.25, 0.3) is 0 Å². The molecule has 18 heteroatoms. The number of rotatable bonds is 18. The molecule has 3 amide bonds. The van der Waals surface area contributed by atoms with Crippen molar-refractivity contribution in [3.05, 3.63) is 31.5 Å². The summed E-state index contributed by atoms with van der Waals surface area (Å²) >= 11 is 0. The van der Waals surface area contributed by atoms with E-state index in [1.807, 2.05) is 0 Å². The van der Waals surface area contributed by atoms with Gasteiger partial charge in [0.05, 0.1) is 0 Å². The van der Waals surface area contributed by atoms with Crippen molar-refractivity contribution in [3.63, 3.8) is 0 Å². The minimum Gasteiger partial charge on any atom is -0.448 e. The second-order valence-corrected chi connectivity index (χ2v) is 24.7. The normalized spacial score (nSPS) is 31.3. The van der Waals surface area contributed by atoms with Gasteiger partial charge in [0.2, 0.25) is 0 Å². The van der Waals surface area contributed by atoms with E-state index in [1.54, 1.807) is 0 Å². The van der Waals surface area contributed by atoms with Crippen molar-refractivity contribution in [2.45, 2.75) is 158 Å². The fourth-order valence-corrected chi connectivity index (χ4v) is 13.1. The average Bonchev–Trinajstić information content (AvgIpc) is 3.99. The lowest BCUT2D eigenvalue weighted by molar-refractivity contribution is 0.0397. The van der Waals surface area contributed by atoms with Crippen LogP contribution in [0.15, 0.2) is 14.4 Å². The van der Waals surface area contributed by atoms with E-state index in [9.17, 15) is 14.4 Å². The standard InChI is InChI=1S/C48H81N9O9/c1-43(2)22-34(49-37(58)64-19-16-52-10-11-52)25-46(7,28-43)31-55-40(61)56(32-47(8)26-35(23-44(3,4)29-47)50-38(59)65-20-17-53-12-13-53)42(63)57(41(55)62)33-48(9)27-36(24-45(5,6)30-48)51-39(60)66-21-18-54-14-15-54/h34-36H,10-33H2,1-9H3,(H,49,58)(H,50,59)(H,51,60)/t34-,35-,36?,46-,47+,48?/m1/s1. The quantitative estimate of drug-likeness (QED) is 0.142. The lowest BCUT2D eigenvalue weighted by Crippen LogP contribution is -2.60. The molecule has 3 N–H and O–H groups in total. The van der Waals surface area contributed by atoms with E-state index < -0.39 is 51.6 Å². The molecule has 0 aromatic carbocycles. The molecule has 3 saturated carbocycles. The topological polar surface area (TPSA) is 190 Å². The first-order chi connectivity index (χ1) is 30.8. The number of carbonyl (C=O) groups is 3. The molecule has 6 aliphatic rings. The van der Waals surface area contributed by atoms with Gasteiger partial charge in [0.25, 0.3) is 0 Å². The molecule has 3 aliphatic heterocycles. The van der Waals surface area contributed by atoms with Crippen molar-refractivity contribution in [1.29, 1.82) is 0 Å². The van der Waals surface area contributed by atoms with Gasteiger partial charge in [-0.2, -0.15) is 0 Å². The highest BCUT2D eigenvalue weighted by molar-refractivity contribution is 5.68. The molecule has 372 valence electrons. The van der Waals surface area contributed by atoms with E-state index in [0.717, 1.165) is 39.3 Å². The molecule has 1 aromatic rings. The molecule has 18 nitrogen and oxygen atoms in total. The Bertz CT molecular complexity index is 1860. The maximum absolute atomic E-state index is 15.0. The largest absolute Gasteiger partial charge is 0.448 e. The molecule has 3 saturated heterocycles. The van der Waals surface area contributed by atoms with Gasteiger partial charge in [-0.25, -0.2) is 42.5 Å². The summed E-state index contributed by atoms with van der Waals surface area (Å²) in [5, 5.41) is 9.27. The van der Waals surface area contributed by atoms with Gasteiger partial charge in [0, 0.05) is 96.7 Å². The molecule has 7 rings (SSSR count). The minimum atomic E-state index is -0.660. The van der Waals surface area contributed by atoms with Crippen LogP contribution in [-0.4, -0.2) is 144 Å². The van der Waals surface area contributed by atoms with Crippen molar-refractivity contribution >= 4 is 18.3 Å². The third-order valence-electron chi connectivity index (χ3n) is 14.8. The molecule has 3 aliphatic carbocycles. The fourth-order valence-electron chi connectivity index (χ4n) is 13.1. The van der Waals surface area contributed by atoms with Crippen molar-refractivity contribution in [1.82, 2.24) is 44.4 Å². The Morgan fingerprint density at radius 1 is 0.439 bits per heavy atom. The molecule has 6 fully saturated rings. The minimum absolute atomic E-state index is 0.0435. The van der Waals surface area contributed by atoms with E-state index in [4.69, 9.17) is 14.2 Å². The Morgan fingerprint density at radius 3 is 0.909 bits per heavy atom. The van der Waals surface area contributed by atoms with E-state index in [2.05, 4.69) is 93.0 Å². The number of ether oxygens (including phenoxy) is 3. The van der Waals surface area contributed by atoms with Gasteiger partial charge in [-0.05, 0) is 90.3 Å². The summed E-state index contributed by atoms with van der Waals surface area (Å²) in [6.07, 6.45) is 4.21. The van der Waals surface area contributed by atoms with Crippen LogP contribution in [0.5, 0.6) is 0 Å². The third-order valence-corrected chi connectivity index (χ3v) is 14.8. The molecule has 0 radical (unpaired) electrons. The number of aromatic nitrogens is 3. The Hall–Kier alpha value is -3.90. The molecular formula is C48H81N9O9. The Labute approximate surface area is 390 Å². The molecular weight excluding hydrogens is 847 g/mol. The zero-order chi connectivity index (χ0) is 47.9. The summed E-state index contributed by atoms with van der Waals surface area (Å²) in [5.74, 6) is 0. The second kappa shape index (κ2) is 19.2. The predicted molar refractivity (Wildman–Crippen MR) is 251 cm³/mol. The van der Waals surface area contributed by atoms with Gasteiger partial charge < -0.3 is 30.2 Å². The van der Waals surface area contributed by atoms with Gasteiger partial charge in [-0.3, -0.25) is 14.7 Å². The lowest BCUT2D eigenvalue weighted by Gasteiger charge is -2.48. The predicted octanol–water partition coefficient (Wildman–Crippen LogP) is 4.05. The number of hydrogen-bond acceptors (Lipinski definition) is 12. The highest BCUT2D eigenvalue weighted by atomic mass is 16.6. The first-order valence-corrected chi connectivity index (χ1v) is 24.7. The highest BCUT2D eigenvalue weighted by Crippen LogP contribution is 2.49. The maximum atomic E-state index is 15.0. The molecule has 0 bridgehead atoms. The SMILES string of the molecule is CC1(C)CC(NC(=O)OCCN2CC2)CC(C)(Cn2c(=O)n(C[C@]3(C)C[C@H](NC(=O)OCCN4CC4)CC(C)(C)C3)c(=O)n(C[C@@]3(C)C[C@H](NC(=O)OCCN4CC4)CC(C)(C)C3)c2=O)C1. The number of hydrogen-bond donors (Lipinski definition) is 3. The Balaban J connectivity index is 1.18. The van der Waals surface area contributed by atoms with Crippen LogP contribution in [0.1, 0.15) is 120 Å². The van der Waals surface area contributed by atoms with Crippen LogP contribution >= 0.6 is 0 Å². The van der Waals surface area contributed by atoms with E-state index in [1.165, 1.54) is 13.7 Å². The highest BCUT2D eigenvalue weighted by Gasteiger charge is 2.47. The van der Waals surface area contributed by atoms with Crippen LogP contribution in [0.3, 0.4) is 0 Å². The van der Waals surface area contributed by atoms with Crippen LogP contribution in [0.4, 0.5) is 14.4 Å². The Morgan fingerprint density at radius 2 is 0.682 bits per heavy atom. The van der Waals surface area contributed by atoms with E-state index in [-0.39, 0.29) is 54.0 Å². The first kappa shape index (κ1) is 50.0. The smallest absolute Gasteiger partial charge is 0.407 e. The summed E-state index contributed by atoms with van der Waals surface area (Å²) in [5.41, 5.74) is -4.58. The van der Waals surface area contributed by atoms with E-state index in [0.29, 0.717) is 97.2 Å². The van der Waals surface area contributed by atoms with Crippen LogP contribution in [0, 0.1) is 32.5 Å². The molecule has 1 aromatic heterocycles. The summed E-state index contributed by atoms with van der Waals surface area (Å²) in [4.78, 5) is 90.7. The van der Waals surface area contributed by atoms with Crippen molar-refractivity contribution in [3.8, 4) is 0 Å². The zero-order valence-electron chi connectivity index (χ0n) is 41.6. The zero-order valence-corrected chi connectivity index (χ0v) is 41.6. The Kier molecular flexibility index (Phi) is 14.6. The van der Waals surface area contributed by atoms with Gasteiger partial charge >= 0.3 is 35.3 Å². The third kappa shape index (κ3) is 14.1. The number of nitrogens with zero attached hydrogens (tertiary/aromatic N) is 6. The number of amides is 3. The first-order valence-electron chi connectivity index (χ1n) is 24.7. The lowest BCUT2D eigenvalue weighted by atomic mass is 9.62. The molecule has 2 unspecified atom stereocenters. The summed E-state index contributed by atoms with van der Waals surface area (Å²) in [6.45, 7) is 28.3. The van der Waals surface area contributed by atoms with Crippen LogP contribution < -0.4 is 33.0 Å². The summed E-state index contributed by atoms with van der Waals surface area (Å²) < 4.78 is 20.4. The molecule has 0 spiro atoms. The monoisotopic (exact) mass is 928 g/mol. The second-order valence-electron chi connectivity index (χ2n) is 24.7. The maximum Gasteiger partial charge on any atom is 0.407 e. The van der Waals surface area contributed by atoms with Gasteiger partial charge in [-0.15, -0.1) is 0 Å². The van der Waals surface area contributed by atoms with Crippen molar-refractivity contribution in [2.75, 3.05) is 78.7 Å². The van der Waals surface area contributed by atoms with Crippen molar-refractivity contribution in [2.24, 2.45) is 32.5 Å². The molecule has 66 heavy (non-hydrogen) atoms. The molecule has 6 atom stereocenters. The fraction of sp³-hybridized carbons (Fsp3) is 0.875.